The minimum Gasteiger partial charge on any atom is -0.506 e. The Hall–Kier alpha value is -2.53. The van der Waals surface area contributed by atoms with Gasteiger partial charge in [0.2, 0.25) is 0 Å². The highest BCUT2D eigenvalue weighted by atomic mass is 79.9. The summed E-state index contributed by atoms with van der Waals surface area (Å²) in [5.74, 6) is -0.857. The first kappa shape index (κ1) is 19.8. The fourth-order valence-electron chi connectivity index (χ4n) is 3.20. The van der Waals surface area contributed by atoms with Crippen LogP contribution in [0.4, 0.5) is 24.7 Å². The smallest absolute Gasteiger partial charge is 0.410 e. The van der Waals surface area contributed by atoms with E-state index in [4.69, 9.17) is 0 Å². The summed E-state index contributed by atoms with van der Waals surface area (Å²) in [6.45, 7) is 0. The molecule has 1 aliphatic heterocycles. The van der Waals surface area contributed by atoms with Crippen molar-refractivity contribution in [3.63, 3.8) is 0 Å². The number of amides is 1. The topological polar surface area (TPSA) is 79.2 Å². The number of nitrogens with zero attached hydrogens (tertiary/aromatic N) is 2. The molecule has 0 radical (unpaired) electrons. The van der Waals surface area contributed by atoms with E-state index in [1.54, 1.807) is 23.6 Å². The Kier molecular flexibility index (Phi) is 5.03. The van der Waals surface area contributed by atoms with Crippen LogP contribution in [0.5, 0.6) is 5.75 Å². The number of nitrogens with one attached hydrogen (secondary N) is 2. The zero-order chi connectivity index (χ0) is 20.8. The first-order valence-electron chi connectivity index (χ1n) is 8.48. The van der Waals surface area contributed by atoms with Gasteiger partial charge in [0.1, 0.15) is 17.1 Å². The first-order chi connectivity index (χ1) is 13.7. The molecular formula is C18H14BrF3N4O2S. The Bertz CT molecular complexity index is 1050. The molecule has 6 nitrogen and oxygen atoms in total. The highest BCUT2D eigenvalue weighted by Gasteiger charge is 2.47. The molecule has 29 heavy (non-hydrogen) atoms. The fraction of sp³-hybridized carbons (Fsp3) is 0.222. The SMILES string of the molecule is O=C(Nc1cc(Br)ccc1O)c1cnn2c1NC(c1cccs1)CC2C(F)(F)F. The Morgan fingerprint density at radius 1 is 1.38 bits per heavy atom. The lowest BCUT2D eigenvalue weighted by Gasteiger charge is -2.33. The number of hydrogen-bond donors (Lipinski definition) is 3. The van der Waals surface area contributed by atoms with Crippen molar-refractivity contribution in [1.82, 2.24) is 9.78 Å². The summed E-state index contributed by atoms with van der Waals surface area (Å²) in [7, 11) is 0. The zero-order valence-corrected chi connectivity index (χ0v) is 17.0. The van der Waals surface area contributed by atoms with Crippen LogP contribution in [0.15, 0.2) is 46.4 Å². The van der Waals surface area contributed by atoms with Gasteiger partial charge in [0.25, 0.3) is 5.91 Å². The van der Waals surface area contributed by atoms with Crippen LogP contribution in [-0.4, -0.2) is 27.0 Å². The minimum absolute atomic E-state index is 0.0102. The Balaban J connectivity index is 1.70. The molecule has 0 bridgehead atoms. The Morgan fingerprint density at radius 2 is 2.17 bits per heavy atom. The lowest BCUT2D eigenvalue weighted by molar-refractivity contribution is -0.173. The van der Waals surface area contributed by atoms with Crippen molar-refractivity contribution in [2.24, 2.45) is 0 Å². The number of alkyl halides is 3. The normalized spacial score (nSPS) is 18.8. The largest absolute Gasteiger partial charge is 0.506 e. The number of fused-ring (bicyclic) bond motifs is 1. The molecule has 2 unspecified atom stereocenters. The molecule has 1 aliphatic rings. The highest BCUT2D eigenvalue weighted by Crippen LogP contribution is 2.45. The molecule has 0 fully saturated rings. The molecule has 3 N–H and O–H groups in total. The van der Waals surface area contributed by atoms with Crippen LogP contribution in [0.3, 0.4) is 0 Å². The van der Waals surface area contributed by atoms with E-state index in [1.807, 2.05) is 0 Å². The van der Waals surface area contributed by atoms with E-state index < -0.39 is 24.2 Å². The average molecular weight is 487 g/mol. The summed E-state index contributed by atoms with van der Waals surface area (Å²) in [4.78, 5) is 13.5. The van der Waals surface area contributed by atoms with Gasteiger partial charge in [-0.2, -0.15) is 18.3 Å². The minimum atomic E-state index is -4.52. The van der Waals surface area contributed by atoms with Gasteiger partial charge in [-0.25, -0.2) is 4.68 Å². The van der Waals surface area contributed by atoms with Crippen LogP contribution in [0.2, 0.25) is 0 Å². The number of anilines is 2. The van der Waals surface area contributed by atoms with Crippen LogP contribution >= 0.6 is 27.3 Å². The highest BCUT2D eigenvalue weighted by molar-refractivity contribution is 9.10. The van der Waals surface area contributed by atoms with Gasteiger partial charge < -0.3 is 15.7 Å². The summed E-state index contributed by atoms with van der Waals surface area (Å²) in [5.41, 5.74) is 0.0854. The summed E-state index contributed by atoms with van der Waals surface area (Å²) >= 11 is 4.58. The number of rotatable bonds is 3. The number of phenols is 1. The Morgan fingerprint density at radius 3 is 2.86 bits per heavy atom. The number of halogens is 4. The maximum absolute atomic E-state index is 13.7. The van der Waals surface area contributed by atoms with Crippen molar-refractivity contribution in [2.75, 3.05) is 10.6 Å². The molecule has 0 aliphatic carbocycles. The van der Waals surface area contributed by atoms with Gasteiger partial charge in [0.15, 0.2) is 6.04 Å². The summed E-state index contributed by atoms with van der Waals surface area (Å²) in [6.07, 6.45) is -3.65. The van der Waals surface area contributed by atoms with Crippen LogP contribution in [0.25, 0.3) is 0 Å². The lowest BCUT2D eigenvalue weighted by Crippen LogP contribution is -2.36. The third-order valence-electron chi connectivity index (χ3n) is 4.58. The van der Waals surface area contributed by atoms with Gasteiger partial charge in [-0.05, 0) is 29.6 Å². The van der Waals surface area contributed by atoms with Crippen molar-refractivity contribution in [3.8, 4) is 5.75 Å². The fourth-order valence-corrected chi connectivity index (χ4v) is 4.35. The molecule has 3 heterocycles. The summed E-state index contributed by atoms with van der Waals surface area (Å²) < 4.78 is 42.4. The first-order valence-corrected chi connectivity index (χ1v) is 10.2. The number of carbonyl (C=O) groups is 1. The van der Waals surface area contributed by atoms with E-state index in [0.717, 1.165) is 15.8 Å². The van der Waals surface area contributed by atoms with Gasteiger partial charge in [-0.15, -0.1) is 11.3 Å². The van der Waals surface area contributed by atoms with Crippen molar-refractivity contribution >= 4 is 44.7 Å². The number of phenolic OH excluding ortho intramolecular Hbond substituents is 1. The van der Waals surface area contributed by atoms with Crippen molar-refractivity contribution in [1.29, 1.82) is 0 Å². The second-order valence-corrected chi connectivity index (χ2v) is 8.37. The molecule has 0 saturated heterocycles. The quantitative estimate of drug-likeness (QED) is 0.437. The van der Waals surface area contributed by atoms with E-state index in [-0.39, 0.29) is 29.2 Å². The second-order valence-electron chi connectivity index (χ2n) is 6.47. The van der Waals surface area contributed by atoms with Gasteiger partial charge in [-0.1, -0.05) is 22.0 Å². The van der Waals surface area contributed by atoms with Crippen molar-refractivity contribution in [3.05, 3.63) is 56.8 Å². The predicted octanol–water partition coefficient (Wildman–Crippen LogP) is 5.33. The van der Waals surface area contributed by atoms with Crippen molar-refractivity contribution < 1.29 is 23.1 Å². The van der Waals surface area contributed by atoms with E-state index >= 15 is 0 Å². The van der Waals surface area contributed by atoms with E-state index in [0.29, 0.717) is 4.47 Å². The predicted molar refractivity (Wildman–Crippen MR) is 106 cm³/mol. The number of carbonyl (C=O) groups excluding carboxylic acids is 1. The van der Waals surface area contributed by atoms with Crippen LogP contribution in [0.1, 0.15) is 33.7 Å². The molecule has 2 atom stereocenters. The van der Waals surface area contributed by atoms with E-state index in [1.165, 1.54) is 23.5 Å². The number of aromatic nitrogens is 2. The molecule has 1 aromatic carbocycles. The summed E-state index contributed by atoms with van der Waals surface area (Å²) in [5, 5.41) is 21.1. The lowest BCUT2D eigenvalue weighted by atomic mass is 10.0. The molecule has 3 aromatic rings. The van der Waals surface area contributed by atoms with Crippen LogP contribution < -0.4 is 10.6 Å². The maximum atomic E-state index is 13.7. The molecule has 1 amide bonds. The monoisotopic (exact) mass is 486 g/mol. The average Bonchev–Trinajstić information content (AvgIpc) is 3.32. The number of benzene rings is 1. The molecule has 0 spiro atoms. The molecule has 0 saturated carbocycles. The maximum Gasteiger partial charge on any atom is 0.410 e. The Labute approximate surface area is 175 Å². The van der Waals surface area contributed by atoms with Gasteiger partial charge >= 0.3 is 6.18 Å². The molecule has 4 rings (SSSR count). The molecule has 11 heteroatoms. The van der Waals surface area contributed by atoms with Gasteiger partial charge in [-0.3, -0.25) is 4.79 Å². The number of aromatic hydroxyl groups is 1. The van der Waals surface area contributed by atoms with E-state index in [2.05, 4.69) is 31.7 Å². The summed E-state index contributed by atoms with van der Waals surface area (Å²) in [6, 6.07) is 5.53. The standard InChI is InChI=1S/C18H14BrF3N4O2S/c19-9-3-4-13(27)11(6-9)25-17(28)10-8-23-26-15(18(20,21)22)7-12(24-16(10)26)14-2-1-5-29-14/h1-6,8,12,15,24,27H,7H2,(H,25,28). The molecule has 152 valence electrons. The molecule has 2 aromatic heterocycles. The molecular weight excluding hydrogens is 473 g/mol. The number of thiophene rings is 1. The third-order valence-corrected chi connectivity index (χ3v) is 6.06. The van der Waals surface area contributed by atoms with Gasteiger partial charge in [0.05, 0.1) is 17.9 Å². The zero-order valence-electron chi connectivity index (χ0n) is 14.6. The van der Waals surface area contributed by atoms with Gasteiger partial charge in [0, 0.05) is 15.8 Å². The number of hydrogen-bond acceptors (Lipinski definition) is 5. The second kappa shape index (κ2) is 7.38. The van der Waals surface area contributed by atoms with Crippen LogP contribution in [-0.2, 0) is 0 Å². The third kappa shape index (κ3) is 3.84. The van der Waals surface area contributed by atoms with Crippen molar-refractivity contribution in [2.45, 2.75) is 24.7 Å². The van der Waals surface area contributed by atoms with Crippen LogP contribution in [0, 0.1) is 0 Å². The van der Waals surface area contributed by atoms with E-state index in [9.17, 15) is 23.1 Å².